The summed E-state index contributed by atoms with van der Waals surface area (Å²) < 4.78 is 5.71. The molecule has 8 nitrogen and oxygen atoms in total. The number of aromatic nitrogens is 5. The molecule has 1 fully saturated rings. The lowest BCUT2D eigenvalue weighted by Gasteiger charge is -2.31. The Labute approximate surface area is 128 Å². The van der Waals surface area contributed by atoms with E-state index in [9.17, 15) is 4.79 Å². The number of aryl methyl sites for hydroxylation is 2. The first-order chi connectivity index (χ1) is 10.7. The number of amides is 1. The molecule has 1 atom stereocenters. The molecule has 0 aliphatic carbocycles. The molecule has 3 rings (SSSR count). The maximum atomic E-state index is 12.4. The Bertz CT molecular complexity index is 649. The summed E-state index contributed by atoms with van der Waals surface area (Å²) in [6.07, 6.45) is 1.57. The van der Waals surface area contributed by atoms with Crippen LogP contribution < -0.4 is 0 Å². The molecule has 1 saturated heterocycles. The van der Waals surface area contributed by atoms with Crippen molar-refractivity contribution in [3.63, 3.8) is 0 Å². The number of carbonyl (C=O) groups is 1. The van der Waals surface area contributed by atoms with Crippen LogP contribution in [0.5, 0.6) is 0 Å². The number of carbonyl (C=O) groups excluding carboxylic acids is 1. The first-order valence-electron chi connectivity index (χ1n) is 7.51. The summed E-state index contributed by atoms with van der Waals surface area (Å²) in [4.78, 5) is 18.6. The standard InChI is InChI=1S/C14H20N6O2/c1-3-4-12-15-13(19-18-12)11-8-20(5-6-22-11)14(21)10-7-9(2)16-17-10/h7,11H,3-6,8H2,1-2H3,(H,16,17)(H,15,18,19)/t11-/m1/s1. The fourth-order valence-electron chi connectivity index (χ4n) is 2.48. The molecule has 0 radical (unpaired) electrons. The fourth-order valence-corrected chi connectivity index (χ4v) is 2.48. The molecule has 1 aliphatic rings. The van der Waals surface area contributed by atoms with Crippen molar-refractivity contribution >= 4 is 5.91 Å². The van der Waals surface area contributed by atoms with Gasteiger partial charge in [0.2, 0.25) is 0 Å². The number of H-pyrrole nitrogens is 2. The molecule has 2 aromatic heterocycles. The number of rotatable bonds is 4. The molecule has 0 spiro atoms. The SMILES string of the molecule is CCCc1nc([C@H]2CN(C(=O)c3cc(C)[nH]n3)CCO2)n[nH]1. The van der Waals surface area contributed by atoms with Crippen molar-refractivity contribution < 1.29 is 9.53 Å². The van der Waals surface area contributed by atoms with Crippen molar-refractivity contribution in [3.05, 3.63) is 29.1 Å². The van der Waals surface area contributed by atoms with Crippen molar-refractivity contribution in [2.24, 2.45) is 0 Å². The number of nitrogens with zero attached hydrogens (tertiary/aromatic N) is 4. The largest absolute Gasteiger partial charge is 0.366 e. The van der Waals surface area contributed by atoms with E-state index in [0.717, 1.165) is 24.4 Å². The van der Waals surface area contributed by atoms with Crippen LogP contribution in [0, 0.1) is 6.92 Å². The van der Waals surface area contributed by atoms with Crippen molar-refractivity contribution in [2.75, 3.05) is 19.7 Å². The second-order valence-electron chi connectivity index (χ2n) is 5.44. The number of hydrogen-bond acceptors (Lipinski definition) is 5. The highest BCUT2D eigenvalue weighted by atomic mass is 16.5. The molecule has 0 saturated carbocycles. The van der Waals surface area contributed by atoms with Gasteiger partial charge < -0.3 is 9.64 Å². The van der Waals surface area contributed by atoms with E-state index in [-0.39, 0.29) is 12.0 Å². The first-order valence-corrected chi connectivity index (χ1v) is 7.51. The van der Waals surface area contributed by atoms with E-state index >= 15 is 0 Å². The smallest absolute Gasteiger partial charge is 0.274 e. The molecule has 3 heterocycles. The van der Waals surface area contributed by atoms with Crippen LogP contribution >= 0.6 is 0 Å². The van der Waals surface area contributed by atoms with Crippen LogP contribution in [0.25, 0.3) is 0 Å². The van der Waals surface area contributed by atoms with Gasteiger partial charge >= 0.3 is 0 Å². The molecule has 8 heteroatoms. The second kappa shape index (κ2) is 6.27. The minimum atomic E-state index is -0.292. The van der Waals surface area contributed by atoms with Crippen LogP contribution in [-0.4, -0.2) is 55.9 Å². The second-order valence-corrected chi connectivity index (χ2v) is 5.44. The third-order valence-corrected chi connectivity index (χ3v) is 3.60. The Hall–Kier alpha value is -2.22. The number of nitrogens with one attached hydrogen (secondary N) is 2. The molecule has 118 valence electrons. The molecule has 2 N–H and O–H groups in total. The molecule has 0 aromatic carbocycles. The number of aromatic amines is 2. The van der Waals surface area contributed by atoms with Gasteiger partial charge in [-0.25, -0.2) is 4.98 Å². The highest BCUT2D eigenvalue weighted by molar-refractivity contribution is 5.92. The fraction of sp³-hybridized carbons (Fsp3) is 0.571. The molecule has 2 aromatic rings. The van der Waals surface area contributed by atoms with Crippen LogP contribution in [0.3, 0.4) is 0 Å². The lowest BCUT2D eigenvalue weighted by Crippen LogP contribution is -2.42. The lowest BCUT2D eigenvalue weighted by atomic mass is 10.2. The van der Waals surface area contributed by atoms with Crippen molar-refractivity contribution in [3.8, 4) is 0 Å². The highest BCUT2D eigenvalue weighted by Gasteiger charge is 2.29. The van der Waals surface area contributed by atoms with E-state index < -0.39 is 0 Å². The maximum Gasteiger partial charge on any atom is 0.274 e. The predicted molar refractivity (Wildman–Crippen MR) is 78.3 cm³/mol. The molecule has 0 bridgehead atoms. The molecular weight excluding hydrogens is 284 g/mol. The van der Waals surface area contributed by atoms with Crippen molar-refractivity contribution in [1.82, 2.24) is 30.3 Å². The highest BCUT2D eigenvalue weighted by Crippen LogP contribution is 2.20. The zero-order valence-corrected chi connectivity index (χ0v) is 12.8. The van der Waals surface area contributed by atoms with Crippen LogP contribution in [-0.2, 0) is 11.2 Å². The van der Waals surface area contributed by atoms with Gasteiger partial charge in [0.15, 0.2) is 5.82 Å². The van der Waals surface area contributed by atoms with E-state index in [2.05, 4.69) is 32.3 Å². The summed E-state index contributed by atoms with van der Waals surface area (Å²) in [5, 5.41) is 13.9. The molecule has 0 unspecified atom stereocenters. The molecule has 1 amide bonds. The van der Waals surface area contributed by atoms with Gasteiger partial charge in [0.1, 0.15) is 17.6 Å². The van der Waals surface area contributed by atoms with E-state index in [4.69, 9.17) is 4.74 Å². The average molecular weight is 304 g/mol. The molecule has 1 aliphatic heterocycles. The monoisotopic (exact) mass is 304 g/mol. The van der Waals surface area contributed by atoms with Crippen molar-refractivity contribution in [2.45, 2.75) is 32.8 Å². The summed E-state index contributed by atoms with van der Waals surface area (Å²) in [5.41, 5.74) is 1.30. The minimum absolute atomic E-state index is 0.0954. The Kier molecular flexibility index (Phi) is 4.19. The molecular formula is C14H20N6O2. The minimum Gasteiger partial charge on any atom is -0.366 e. The van der Waals surface area contributed by atoms with Gasteiger partial charge in [0, 0.05) is 18.7 Å². The number of hydrogen-bond donors (Lipinski definition) is 2. The van der Waals surface area contributed by atoms with Gasteiger partial charge in [-0.3, -0.25) is 15.0 Å². The zero-order chi connectivity index (χ0) is 15.5. The topological polar surface area (TPSA) is 99.8 Å². The van der Waals surface area contributed by atoms with Gasteiger partial charge in [-0.2, -0.15) is 10.2 Å². The summed E-state index contributed by atoms with van der Waals surface area (Å²) in [6, 6.07) is 1.75. The van der Waals surface area contributed by atoms with E-state index in [0.29, 0.717) is 31.2 Å². The van der Waals surface area contributed by atoms with Gasteiger partial charge in [-0.05, 0) is 19.4 Å². The summed E-state index contributed by atoms with van der Waals surface area (Å²) in [5.74, 6) is 1.37. The average Bonchev–Trinajstić information content (AvgIpc) is 3.16. The van der Waals surface area contributed by atoms with Crippen molar-refractivity contribution in [1.29, 1.82) is 0 Å². The maximum absolute atomic E-state index is 12.4. The van der Waals surface area contributed by atoms with Crippen LogP contribution in [0.15, 0.2) is 6.07 Å². The quantitative estimate of drug-likeness (QED) is 0.878. The van der Waals surface area contributed by atoms with Crippen LogP contribution in [0.4, 0.5) is 0 Å². The third kappa shape index (κ3) is 3.01. The number of ether oxygens (including phenoxy) is 1. The van der Waals surface area contributed by atoms with Gasteiger partial charge in [-0.1, -0.05) is 6.92 Å². The Morgan fingerprint density at radius 3 is 3.05 bits per heavy atom. The van der Waals surface area contributed by atoms with E-state index in [1.54, 1.807) is 11.0 Å². The summed E-state index contributed by atoms with van der Waals surface area (Å²) in [7, 11) is 0. The predicted octanol–water partition coefficient (Wildman–Crippen LogP) is 1.00. The van der Waals surface area contributed by atoms with Gasteiger partial charge in [-0.15, -0.1) is 0 Å². The summed E-state index contributed by atoms with van der Waals surface area (Å²) >= 11 is 0. The first kappa shape index (κ1) is 14.7. The zero-order valence-electron chi connectivity index (χ0n) is 12.8. The van der Waals surface area contributed by atoms with Gasteiger partial charge in [0.25, 0.3) is 5.91 Å². The van der Waals surface area contributed by atoms with E-state index in [1.165, 1.54) is 0 Å². The summed E-state index contributed by atoms with van der Waals surface area (Å²) in [6.45, 7) is 5.42. The Morgan fingerprint density at radius 2 is 2.32 bits per heavy atom. The van der Waals surface area contributed by atoms with Crippen LogP contribution in [0.1, 0.15) is 47.3 Å². The lowest BCUT2D eigenvalue weighted by molar-refractivity contribution is -0.0268. The Morgan fingerprint density at radius 1 is 1.45 bits per heavy atom. The molecule has 22 heavy (non-hydrogen) atoms. The van der Waals surface area contributed by atoms with Crippen LogP contribution in [0.2, 0.25) is 0 Å². The van der Waals surface area contributed by atoms with E-state index in [1.807, 2.05) is 6.92 Å². The Balaban J connectivity index is 1.69. The number of morpholine rings is 1. The third-order valence-electron chi connectivity index (χ3n) is 3.60. The normalized spacial score (nSPS) is 18.6. The van der Waals surface area contributed by atoms with Gasteiger partial charge in [0.05, 0.1) is 13.2 Å².